The topological polar surface area (TPSA) is 93.7 Å². The number of amides is 2. The van der Waals surface area contributed by atoms with Gasteiger partial charge in [-0.25, -0.2) is 0 Å². The van der Waals surface area contributed by atoms with Gasteiger partial charge in [0.2, 0.25) is 12.7 Å². The van der Waals surface area contributed by atoms with E-state index in [9.17, 15) is 14.4 Å². The molecule has 0 saturated heterocycles. The summed E-state index contributed by atoms with van der Waals surface area (Å²) in [4.78, 5) is 36.4. The van der Waals surface area contributed by atoms with Crippen LogP contribution in [0.15, 0.2) is 36.4 Å². The van der Waals surface area contributed by atoms with Crippen molar-refractivity contribution < 1.29 is 23.9 Å². The van der Waals surface area contributed by atoms with Crippen LogP contribution in [0.3, 0.4) is 0 Å². The van der Waals surface area contributed by atoms with E-state index in [2.05, 4.69) is 10.9 Å². The second kappa shape index (κ2) is 7.72. The highest BCUT2D eigenvalue weighted by atomic mass is 16.7. The highest BCUT2D eigenvalue weighted by Gasteiger charge is 2.17. The van der Waals surface area contributed by atoms with Gasteiger partial charge in [0, 0.05) is 24.0 Å². The number of aryl methyl sites for hydroxylation is 2. The molecule has 144 valence electrons. The summed E-state index contributed by atoms with van der Waals surface area (Å²) in [6.07, 6.45) is 3.28. The SMILES string of the molecule is O=C(CCC(=O)c1ccc2c(c1)CCC2)NNC(=O)c1ccc2c(c1)OCO2. The zero-order chi connectivity index (χ0) is 19.5. The summed E-state index contributed by atoms with van der Waals surface area (Å²) in [5, 5.41) is 0. The van der Waals surface area contributed by atoms with Crippen LogP contribution >= 0.6 is 0 Å². The predicted molar refractivity (Wildman–Crippen MR) is 100 cm³/mol. The van der Waals surface area contributed by atoms with Crippen molar-refractivity contribution in [1.29, 1.82) is 0 Å². The molecule has 1 aliphatic heterocycles. The molecule has 7 nitrogen and oxygen atoms in total. The number of ether oxygens (including phenoxy) is 2. The van der Waals surface area contributed by atoms with E-state index < -0.39 is 11.8 Å². The molecule has 28 heavy (non-hydrogen) atoms. The Morgan fingerprint density at radius 3 is 2.50 bits per heavy atom. The van der Waals surface area contributed by atoms with Gasteiger partial charge in [0.1, 0.15) is 0 Å². The summed E-state index contributed by atoms with van der Waals surface area (Å²) in [5.74, 6) is 0.0803. The highest BCUT2D eigenvalue weighted by Crippen LogP contribution is 2.32. The average molecular weight is 380 g/mol. The van der Waals surface area contributed by atoms with Crippen molar-refractivity contribution >= 4 is 17.6 Å². The lowest BCUT2D eigenvalue weighted by molar-refractivity contribution is -0.121. The summed E-state index contributed by atoms with van der Waals surface area (Å²) in [6, 6.07) is 10.5. The molecule has 1 heterocycles. The van der Waals surface area contributed by atoms with E-state index in [1.807, 2.05) is 18.2 Å². The van der Waals surface area contributed by atoms with Gasteiger partial charge in [0.25, 0.3) is 5.91 Å². The Labute approximate surface area is 162 Å². The molecule has 2 amide bonds. The Kier molecular flexibility index (Phi) is 4.97. The molecule has 4 rings (SSSR count). The molecule has 0 bridgehead atoms. The molecular weight excluding hydrogens is 360 g/mol. The molecule has 0 radical (unpaired) electrons. The Morgan fingerprint density at radius 2 is 1.61 bits per heavy atom. The number of fused-ring (bicyclic) bond motifs is 2. The van der Waals surface area contributed by atoms with Crippen molar-refractivity contribution in [2.24, 2.45) is 0 Å². The molecule has 2 aromatic rings. The van der Waals surface area contributed by atoms with Crippen LogP contribution in [-0.2, 0) is 17.6 Å². The third-order valence-corrected chi connectivity index (χ3v) is 4.95. The van der Waals surface area contributed by atoms with Gasteiger partial charge in [-0.05, 0) is 54.7 Å². The van der Waals surface area contributed by atoms with E-state index in [0.717, 1.165) is 19.3 Å². The molecule has 0 spiro atoms. The minimum absolute atomic E-state index is 0.00264. The van der Waals surface area contributed by atoms with Crippen LogP contribution in [0.4, 0.5) is 0 Å². The summed E-state index contributed by atoms with van der Waals surface area (Å²) < 4.78 is 10.4. The fraction of sp³-hybridized carbons (Fsp3) is 0.286. The number of Topliss-reactive ketones (excluding diaryl/α,β-unsaturated/α-hetero) is 1. The standard InChI is InChI=1S/C21H20N2O5/c24-17(15-5-4-13-2-1-3-14(13)10-15)7-9-20(25)22-23-21(26)16-6-8-18-19(11-16)28-12-27-18/h4-6,8,10-11H,1-3,7,9,12H2,(H,22,25)(H,23,26). The van der Waals surface area contributed by atoms with Crippen LogP contribution in [0.5, 0.6) is 11.5 Å². The molecule has 2 N–H and O–H groups in total. The summed E-state index contributed by atoms with van der Waals surface area (Å²) in [5.41, 5.74) is 8.18. The maximum absolute atomic E-state index is 12.3. The quantitative estimate of drug-likeness (QED) is 0.613. The van der Waals surface area contributed by atoms with Gasteiger partial charge in [-0.2, -0.15) is 0 Å². The number of ketones is 1. The Morgan fingerprint density at radius 1 is 0.821 bits per heavy atom. The van der Waals surface area contributed by atoms with Crippen LogP contribution in [0, 0.1) is 0 Å². The number of hydrogen-bond acceptors (Lipinski definition) is 5. The van der Waals surface area contributed by atoms with E-state index in [0.29, 0.717) is 22.6 Å². The number of benzene rings is 2. The second-order valence-electron chi connectivity index (χ2n) is 6.83. The molecule has 0 saturated carbocycles. The molecule has 0 aromatic heterocycles. The highest BCUT2D eigenvalue weighted by molar-refractivity contribution is 5.99. The molecule has 1 aliphatic carbocycles. The van der Waals surface area contributed by atoms with Gasteiger partial charge < -0.3 is 9.47 Å². The fourth-order valence-corrected chi connectivity index (χ4v) is 3.42. The second-order valence-corrected chi connectivity index (χ2v) is 6.83. The van der Waals surface area contributed by atoms with Crippen LogP contribution in [0.1, 0.15) is 51.1 Å². The number of nitrogens with one attached hydrogen (secondary N) is 2. The van der Waals surface area contributed by atoms with Gasteiger partial charge in [0.05, 0.1) is 0 Å². The minimum atomic E-state index is -0.475. The lowest BCUT2D eigenvalue weighted by Gasteiger charge is -2.08. The lowest BCUT2D eigenvalue weighted by Crippen LogP contribution is -2.41. The number of hydrazine groups is 1. The van der Waals surface area contributed by atoms with E-state index in [1.165, 1.54) is 11.1 Å². The Hall–Kier alpha value is -3.35. The largest absolute Gasteiger partial charge is 0.454 e. The molecule has 2 aliphatic rings. The monoisotopic (exact) mass is 380 g/mol. The zero-order valence-corrected chi connectivity index (χ0v) is 15.2. The van der Waals surface area contributed by atoms with Crippen LogP contribution < -0.4 is 20.3 Å². The fourth-order valence-electron chi connectivity index (χ4n) is 3.42. The van der Waals surface area contributed by atoms with Crippen molar-refractivity contribution in [3.8, 4) is 11.5 Å². The van der Waals surface area contributed by atoms with Crippen LogP contribution in [0.2, 0.25) is 0 Å². The number of hydrogen-bond donors (Lipinski definition) is 2. The third-order valence-electron chi connectivity index (χ3n) is 4.95. The van der Waals surface area contributed by atoms with E-state index in [4.69, 9.17) is 9.47 Å². The molecule has 0 unspecified atom stereocenters. The van der Waals surface area contributed by atoms with Gasteiger partial charge in [0.15, 0.2) is 17.3 Å². The zero-order valence-electron chi connectivity index (χ0n) is 15.2. The molecule has 0 fully saturated rings. The first-order valence-electron chi connectivity index (χ1n) is 9.24. The number of rotatable bonds is 5. The molecule has 2 aromatic carbocycles. The van der Waals surface area contributed by atoms with Crippen molar-refractivity contribution in [1.82, 2.24) is 10.9 Å². The van der Waals surface area contributed by atoms with E-state index in [-0.39, 0.29) is 25.4 Å². The maximum Gasteiger partial charge on any atom is 0.269 e. The minimum Gasteiger partial charge on any atom is -0.454 e. The number of carbonyl (C=O) groups excluding carboxylic acids is 3. The maximum atomic E-state index is 12.3. The summed E-state index contributed by atoms with van der Waals surface area (Å²) in [6.45, 7) is 0.120. The first-order valence-corrected chi connectivity index (χ1v) is 9.24. The molecule has 7 heteroatoms. The van der Waals surface area contributed by atoms with Crippen molar-refractivity contribution in [3.63, 3.8) is 0 Å². The van der Waals surface area contributed by atoms with Crippen molar-refractivity contribution in [3.05, 3.63) is 58.7 Å². The van der Waals surface area contributed by atoms with Gasteiger partial charge >= 0.3 is 0 Å². The van der Waals surface area contributed by atoms with E-state index in [1.54, 1.807) is 18.2 Å². The summed E-state index contributed by atoms with van der Waals surface area (Å²) in [7, 11) is 0. The average Bonchev–Trinajstić information content (AvgIpc) is 3.37. The molecular formula is C21H20N2O5. The van der Waals surface area contributed by atoms with Crippen LogP contribution in [-0.4, -0.2) is 24.4 Å². The smallest absolute Gasteiger partial charge is 0.269 e. The Bertz CT molecular complexity index is 878. The summed E-state index contributed by atoms with van der Waals surface area (Å²) >= 11 is 0. The van der Waals surface area contributed by atoms with Gasteiger partial charge in [-0.15, -0.1) is 0 Å². The first-order chi connectivity index (χ1) is 13.6. The van der Waals surface area contributed by atoms with Crippen molar-refractivity contribution in [2.75, 3.05) is 6.79 Å². The Balaban J connectivity index is 1.25. The lowest BCUT2D eigenvalue weighted by atomic mass is 10.0. The van der Waals surface area contributed by atoms with Crippen LogP contribution in [0.25, 0.3) is 0 Å². The van der Waals surface area contributed by atoms with E-state index >= 15 is 0 Å². The van der Waals surface area contributed by atoms with Crippen molar-refractivity contribution in [2.45, 2.75) is 32.1 Å². The van der Waals surface area contributed by atoms with Gasteiger partial charge in [-0.1, -0.05) is 12.1 Å². The number of carbonyl (C=O) groups is 3. The normalized spacial score (nSPS) is 13.7. The third kappa shape index (κ3) is 3.83. The molecule has 0 atom stereocenters. The van der Waals surface area contributed by atoms with Gasteiger partial charge in [-0.3, -0.25) is 25.2 Å². The predicted octanol–water partition coefficient (Wildman–Crippen LogP) is 2.33. The first kappa shape index (κ1) is 18.0.